The standard InChI is InChI=1S/C40H31BrClN3O3/c1-25(46)35-39(32-22-30(42)18-20-33(32)44(37(39)47)23-26-11-5-2-6-12-26)36(28-15-9-4-10-16-28)43-40(35)31-19-17-29(41)21-34(31)45(38(40)48)24-27-13-7-3-8-14-27/h2-22,35-36,43H,23-24H2,1H3. The molecule has 238 valence electrons. The maximum absolute atomic E-state index is 15.5. The molecule has 5 aromatic rings. The summed E-state index contributed by atoms with van der Waals surface area (Å²) in [4.78, 5) is 48.9. The molecule has 1 saturated heterocycles. The highest BCUT2D eigenvalue weighted by atomic mass is 79.9. The fourth-order valence-electron chi connectivity index (χ4n) is 8.39. The number of hydrogen-bond acceptors (Lipinski definition) is 4. The van der Waals surface area contributed by atoms with E-state index >= 15 is 9.59 Å². The Morgan fingerprint density at radius 1 is 0.729 bits per heavy atom. The lowest BCUT2D eigenvalue weighted by Crippen LogP contribution is -2.56. The molecule has 3 aliphatic rings. The maximum Gasteiger partial charge on any atom is 0.253 e. The third-order valence-electron chi connectivity index (χ3n) is 10.2. The molecule has 0 aliphatic carbocycles. The summed E-state index contributed by atoms with van der Waals surface area (Å²) in [5, 5.41) is 4.19. The summed E-state index contributed by atoms with van der Waals surface area (Å²) in [6, 6.07) is 39.7. The number of nitrogens with one attached hydrogen (secondary N) is 1. The van der Waals surface area contributed by atoms with E-state index in [1.54, 1.807) is 15.9 Å². The molecule has 6 nitrogen and oxygen atoms in total. The summed E-state index contributed by atoms with van der Waals surface area (Å²) in [5.41, 5.74) is 2.34. The molecule has 0 radical (unpaired) electrons. The molecule has 4 atom stereocenters. The first-order chi connectivity index (χ1) is 23.3. The van der Waals surface area contributed by atoms with Gasteiger partial charge < -0.3 is 9.80 Å². The molecule has 2 spiro atoms. The third-order valence-corrected chi connectivity index (χ3v) is 10.9. The second-order valence-electron chi connectivity index (χ2n) is 12.8. The smallest absolute Gasteiger partial charge is 0.253 e. The van der Waals surface area contributed by atoms with Crippen molar-refractivity contribution in [2.45, 2.75) is 37.0 Å². The fraction of sp³-hybridized carbons (Fsp3) is 0.175. The number of hydrogen-bond donors (Lipinski definition) is 1. The summed E-state index contributed by atoms with van der Waals surface area (Å²) in [6.45, 7) is 2.11. The van der Waals surface area contributed by atoms with Gasteiger partial charge in [0.2, 0.25) is 5.91 Å². The van der Waals surface area contributed by atoms with Crippen molar-refractivity contribution in [1.82, 2.24) is 5.32 Å². The van der Waals surface area contributed by atoms with Gasteiger partial charge in [0.15, 0.2) is 0 Å². The zero-order valence-corrected chi connectivity index (χ0v) is 28.4. The number of fused-ring (bicyclic) bond motifs is 4. The monoisotopic (exact) mass is 715 g/mol. The van der Waals surface area contributed by atoms with Crippen molar-refractivity contribution >= 4 is 56.5 Å². The van der Waals surface area contributed by atoms with Gasteiger partial charge in [0, 0.05) is 20.7 Å². The molecule has 0 aromatic heterocycles. The Morgan fingerprint density at radius 3 is 1.92 bits per heavy atom. The van der Waals surface area contributed by atoms with Crippen molar-refractivity contribution in [3.63, 3.8) is 0 Å². The number of ketones is 1. The van der Waals surface area contributed by atoms with Gasteiger partial charge in [-0.05, 0) is 59.5 Å². The first-order valence-electron chi connectivity index (χ1n) is 15.9. The number of nitrogens with zero attached hydrogens (tertiary/aromatic N) is 2. The lowest BCUT2D eigenvalue weighted by molar-refractivity contribution is -0.137. The highest BCUT2D eigenvalue weighted by Crippen LogP contribution is 2.65. The fourth-order valence-corrected chi connectivity index (χ4v) is 8.92. The van der Waals surface area contributed by atoms with Gasteiger partial charge in [-0.15, -0.1) is 0 Å². The Balaban J connectivity index is 1.41. The van der Waals surface area contributed by atoms with Crippen LogP contribution in [-0.2, 0) is 38.4 Å². The second kappa shape index (κ2) is 11.5. The van der Waals surface area contributed by atoms with Gasteiger partial charge in [0.1, 0.15) is 16.7 Å². The molecular formula is C40H31BrClN3O3. The molecule has 48 heavy (non-hydrogen) atoms. The van der Waals surface area contributed by atoms with E-state index in [2.05, 4.69) is 21.2 Å². The summed E-state index contributed by atoms with van der Waals surface area (Å²) >= 11 is 10.4. The number of Topliss-reactive ketones (excluding diaryl/α,β-unsaturated/α-hetero) is 1. The first-order valence-corrected chi connectivity index (χ1v) is 17.1. The van der Waals surface area contributed by atoms with Crippen molar-refractivity contribution in [1.29, 1.82) is 0 Å². The predicted molar refractivity (Wildman–Crippen MR) is 191 cm³/mol. The quantitative estimate of drug-likeness (QED) is 0.194. The Labute approximate surface area is 292 Å². The van der Waals surface area contributed by atoms with Crippen molar-refractivity contribution in [2.24, 2.45) is 5.92 Å². The van der Waals surface area contributed by atoms with E-state index in [9.17, 15) is 4.79 Å². The van der Waals surface area contributed by atoms with Gasteiger partial charge in [0.25, 0.3) is 5.91 Å². The zero-order chi connectivity index (χ0) is 33.2. The van der Waals surface area contributed by atoms with Gasteiger partial charge in [-0.1, -0.05) is 125 Å². The van der Waals surface area contributed by atoms with E-state index in [0.717, 1.165) is 21.2 Å². The molecule has 2 amide bonds. The van der Waals surface area contributed by atoms with Crippen LogP contribution < -0.4 is 15.1 Å². The molecule has 0 bridgehead atoms. The van der Waals surface area contributed by atoms with Crippen LogP contribution in [0.2, 0.25) is 5.02 Å². The van der Waals surface area contributed by atoms with Crippen molar-refractivity contribution in [3.8, 4) is 0 Å². The molecular weight excluding hydrogens is 686 g/mol. The van der Waals surface area contributed by atoms with Crippen molar-refractivity contribution in [2.75, 3.05) is 9.80 Å². The van der Waals surface area contributed by atoms with E-state index in [0.29, 0.717) is 40.6 Å². The Morgan fingerprint density at radius 2 is 1.31 bits per heavy atom. The van der Waals surface area contributed by atoms with Gasteiger partial charge in [0.05, 0.1) is 30.7 Å². The van der Waals surface area contributed by atoms with E-state index in [1.807, 2.05) is 121 Å². The van der Waals surface area contributed by atoms with Crippen molar-refractivity contribution < 1.29 is 14.4 Å². The molecule has 0 saturated carbocycles. The number of anilines is 2. The lowest BCUT2D eigenvalue weighted by Gasteiger charge is -2.37. The van der Waals surface area contributed by atoms with Gasteiger partial charge in [-0.2, -0.15) is 0 Å². The second-order valence-corrected chi connectivity index (χ2v) is 14.1. The summed E-state index contributed by atoms with van der Waals surface area (Å²) in [6.07, 6.45) is 0. The molecule has 3 aliphatic heterocycles. The van der Waals surface area contributed by atoms with Crippen LogP contribution in [-0.4, -0.2) is 17.6 Å². The Kier molecular flexibility index (Phi) is 7.40. The molecule has 8 rings (SSSR count). The van der Waals surface area contributed by atoms with Crippen LogP contribution in [0.4, 0.5) is 11.4 Å². The topological polar surface area (TPSA) is 69.7 Å². The largest absolute Gasteiger partial charge is 0.307 e. The zero-order valence-electron chi connectivity index (χ0n) is 26.1. The molecule has 1 fully saturated rings. The number of carbonyl (C=O) groups is 3. The van der Waals surface area contributed by atoms with E-state index in [4.69, 9.17) is 11.6 Å². The number of halogens is 2. The highest BCUT2D eigenvalue weighted by molar-refractivity contribution is 9.10. The molecule has 3 heterocycles. The number of benzene rings is 5. The third kappa shape index (κ3) is 4.38. The average Bonchev–Trinajstić information content (AvgIpc) is 3.63. The van der Waals surface area contributed by atoms with Crippen molar-refractivity contribution in [3.05, 3.63) is 165 Å². The Hall–Kier alpha value is -4.56. The van der Waals surface area contributed by atoms with Gasteiger partial charge >= 0.3 is 0 Å². The predicted octanol–water partition coefficient (Wildman–Crippen LogP) is 7.88. The van der Waals surface area contributed by atoms with Crippen LogP contribution in [0.25, 0.3) is 0 Å². The minimum absolute atomic E-state index is 0.241. The number of carbonyl (C=O) groups excluding carboxylic acids is 3. The average molecular weight is 717 g/mol. The lowest BCUT2D eigenvalue weighted by atomic mass is 9.60. The van der Waals surface area contributed by atoms with E-state index < -0.39 is 22.9 Å². The molecule has 8 heteroatoms. The van der Waals surface area contributed by atoms with Crippen LogP contribution in [0, 0.1) is 5.92 Å². The van der Waals surface area contributed by atoms with Crippen LogP contribution >= 0.6 is 27.5 Å². The maximum atomic E-state index is 15.5. The minimum atomic E-state index is -1.55. The minimum Gasteiger partial charge on any atom is -0.307 e. The van der Waals surface area contributed by atoms with Gasteiger partial charge in [-0.25, -0.2) is 0 Å². The number of amides is 2. The summed E-state index contributed by atoms with van der Waals surface area (Å²) in [5.74, 6) is -1.87. The normalized spacial score (nSPS) is 24.1. The molecule has 4 unspecified atom stereocenters. The van der Waals surface area contributed by atoms with E-state index in [1.165, 1.54) is 6.92 Å². The first kappa shape index (κ1) is 30.8. The summed E-state index contributed by atoms with van der Waals surface area (Å²) < 4.78 is 0.805. The van der Waals surface area contributed by atoms with Gasteiger partial charge in [-0.3, -0.25) is 19.7 Å². The van der Waals surface area contributed by atoms with E-state index in [-0.39, 0.29) is 17.6 Å². The highest BCUT2D eigenvalue weighted by Gasteiger charge is 2.76. The SMILES string of the molecule is CC(=O)C1C2(NC(c3ccccc3)C13C(=O)N(Cc1ccccc1)c1ccc(Cl)cc13)C(=O)N(Cc1ccccc1)c1cc(Br)ccc12. The Bertz CT molecular complexity index is 2090. The molecule has 1 N–H and O–H groups in total. The van der Waals surface area contributed by atoms with Crippen LogP contribution in [0.15, 0.2) is 132 Å². The number of rotatable bonds is 6. The van der Waals surface area contributed by atoms with Crippen LogP contribution in [0.3, 0.4) is 0 Å². The van der Waals surface area contributed by atoms with Crippen LogP contribution in [0.1, 0.15) is 40.8 Å². The molecule has 5 aromatic carbocycles. The summed E-state index contributed by atoms with van der Waals surface area (Å²) in [7, 11) is 0. The van der Waals surface area contributed by atoms with Crippen LogP contribution in [0.5, 0.6) is 0 Å².